The number of aromatic nitrogens is 2. The molecule has 0 spiro atoms. The number of Topliss-reactive ketones (excluding diaryl/α,β-unsaturated/α-hetero) is 1. The van der Waals surface area contributed by atoms with Crippen LogP contribution >= 0.6 is 0 Å². The Hall–Kier alpha value is -1.16. The number of rotatable bonds is 6. The molecule has 0 amide bonds. The van der Waals surface area contributed by atoms with E-state index in [0.29, 0.717) is 18.7 Å². The Kier molecular flexibility index (Phi) is 4.49. The first kappa shape index (κ1) is 11.9. The third-order valence-electron chi connectivity index (χ3n) is 2.29. The lowest BCUT2D eigenvalue weighted by Gasteiger charge is -2.09. The predicted molar refractivity (Wildman–Crippen MR) is 57.9 cm³/mol. The molecule has 0 aliphatic rings. The number of hydrogen-bond acceptors (Lipinski definition) is 3. The van der Waals surface area contributed by atoms with Crippen LogP contribution in [0.15, 0.2) is 12.3 Å². The fourth-order valence-corrected chi connectivity index (χ4v) is 1.59. The van der Waals surface area contributed by atoms with E-state index in [9.17, 15) is 4.79 Å². The number of hydrogen-bond donors (Lipinski definition) is 0. The molecule has 0 aromatic carbocycles. The fraction of sp³-hybridized carbons (Fsp3) is 0.636. The van der Waals surface area contributed by atoms with E-state index in [4.69, 9.17) is 4.74 Å². The summed E-state index contributed by atoms with van der Waals surface area (Å²) in [6.07, 6.45) is 2.18. The number of nitrogens with zero attached hydrogens (tertiary/aromatic N) is 2. The van der Waals surface area contributed by atoms with Gasteiger partial charge in [0.2, 0.25) is 0 Å². The van der Waals surface area contributed by atoms with E-state index in [1.165, 1.54) is 0 Å². The molecular formula is C11H18N2O2. The van der Waals surface area contributed by atoms with Crippen molar-refractivity contribution in [1.29, 1.82) is 0 Å². The second kappa shape index (κ2) is 5.66. The lowest BCUT2D eigenvalue weighted by atomic mass is 10.0. The van der Waals surface area contributed by atoms with Gasteiger partial charge in [0, 0.05) is 32.9 Å². The highest BCUT2D eigenvalue weighted by Gasteiger charge is 2.14. The number of carbonyl (C=O) groups is 1. The maximum Gasteiger partial charge on any atom is 0.181 e. The number of carbonyl (C=O) groups excluding carboxylic acids is 1. The Morgan fingerprint density at radius 1 is 1.67 bits per heavy atom. The summed E-state index contributed by atoms with van der Waals surface area (Å²) in [6, 6.07) is 1.77. The fourth-order valence-electron chi connectivity index (χ4n) is 1.59. The highest BCUT2D eigenvalue weighted by molar-refractivity contribution is 5.94. The number of ether oxygens (including phenoxy) is 1. The minimum atomic E-state index is 0.138. The van der Waals surface area contributed by atoms with Crippen molar-refractivity contribution in [2.24, 2.45) is 5.92 Å². The zero-order chi connectivity index (χ0) is 11.3. The highest BCUT2D eigenvalue weighted by atomic mass is 16.5. The first-order valence-corrected chi connectivity index (χ1v) is 5.23. The molecule has 4 nitrogen and oxygen atoms in total. The summed E-state index contributed by atoms with van der Waals surface area (Å²) in [5.74, 6) is 0.390. The SMILES string of the molecule is CCn1nccc1C(=O)CC(C)COC. The lowest BCUT2D eigenvalue weighted by molar-refractivity contribution is 0.0910. The molecule has 0 N–H and O–H groups in total. The van der Waals surface area contributed by atoms with Crippen molar-refractivity contribution >= 4 is 5.78 Å². The molecule has 1 aromatic heterocycles. The van der Waals surface area contributed by atoms with Crippen LogP contribution in [0.2, 0.25) is 0 Å². The zero-order valence-corrected chi connectivity index (χ0v) is 9.56. The topological polar surface area (TPSA) is 44.1 Å². The molecule has 4 heteroatoms. The van der Waals surface area contributed by atoms with Crippen molar-refractivity contribution < 1.29 is 9.53 Å². The summed E-state index contributed by atoms with van der Waals surface area (Å²) in [5.41, 5.74) is 0.695. The highest BCUT2D eigenvalue weighted by Crippen LogP contribution is 2.09. The van der Waals surface area contributed by atoms with Gasteiger partial charge in [0.05, 0.1) is 0 Å². The molecule has 1 rings (SSSR count). The molecule has 1 unspecified atom stereocenters. The van der Waals surface area contributed by atoms with Gasteiger partial charge < -0.3 is 4.74 Å². The normalized spacial score (nSPS) is 12.7. The molecule has 0 saturated heterocycles. The average Bonchev–Trinajstić information content (AvgIpc) is 2.65. The average molecular weight is 210 g/mol. The predicted octanol–water partition coefficient (Wildman–Crippen LogP) is 1.76. The van der Waals surface area contributed by atoms with Crippen LogP contribution in [0.1, 0.15) is 30.8 Å². The van der Waals surface area contributed by atoms with Crippen molar-refractivity contribution in [1.82, 2.24) is 9.78 Å². The Bertz CT molecular complexity index is 320. The van der Waals surface area contributed by atoms with Gasteiger partial charge in [-0.15, -0.1) is 0 Å². The second-order valence-corrected chi connectivity index (χ2v) is 3.72. The lowest BCUT2D eigenvalue weighted by Crippen LogP contribution is -2.14. The molecule has 0 fully saturated rings. The summed E-state index contributed by atoms with van der Waals surface area (Å²) in [4.78, 5) is 11.9. The van der Waals surface area contributed by atoms with Crippen LogP contribution in [0.25, 0.3) is 0 Å². The van der Waals surface area contributed by atoms with Crippen LogP contribution in [0.3, 0.4) is 0 Å². The Labute approximate surface area is 90.2 Å². The Morgan fingerprint density at radius 2 is 2.40 bits per heavy atom. The monoisotopic (exact) mass is 210 g/mol. The van der Waals surface area contributed by atoms with Crippen molar-refractivity contribution in [3.63, 3.8) is 0 Å². The van der Waals surface area contributed by atoms with Gasteiger partial charge in [0.1, 0.15) is 5.69 Å². The zero-order valence-electron chi connectivity index (χ0n) is 9.56. The molecule has 0 bridgehead atoms. The third-order valence-corrected chi connectivity index (χ3v) is 2.29. The molecule has 0 saturated carbocycles. The van der Waals surface area contributed by atoms with Gasteiger partial charge in [-0.25, -0.2) is 0 Å². The quantitative estimate of drug-likeness (QED) is 0.672. The maximum atomic E-state index is 11.9. The van der Waals surface area contributed by atoms with Gasteiger partial charge in [-0.1, -0.05) is 6.92 Å². The largest absolute Gasteiger partial charge is 0.384 e. The van der Waals surface area contributed by atoms with Crippen LogP contribution in [-0.2, 0) is 11.3 Å². The number of methoxy groups -OCH3 is 1. The van der Waals surface area contributed by atoms with Crippen LogP contribution in [0, 0.1) is 5.92 Å². The first-order chi connectivity index (χ1) is 7.19. The molecule has 15 heavy (non-hydrogen) atoms. The van der Waals surface area contributed by atoms with Gasteiger partial charge >= 0.3 is 0 Å². The molecule has 0 radical (unpaired) electrons. The molecule has 1 aromatic rings. The molecule has 84 valence electrons. The minimum Gasteiger partial charge on any atom is -0.384 e. The Balaban J connectivity index is 2.61. The molecular weight excluding hydrogens is 192 g/mol. The summed E-state index contributed by atoms with van der Waals surface area (Å²) in [6.45, 7) is 5.33. The van der Waals surface area contributed by atoms with E-state index in [2.05, 4.69) is 5.10 Å². The number of aryl methyl sites for hydroxylation is 1. The molecule has 0 aliphatic carbocycles. The first-order valence-electron chi connectivity index (χ1n) is 5.23. The molecule has 1 heterocycles. The van der Waals surface area contributed by atoms with E-state index >= 15 is 0 Å². The third kappa shape index (κ3) is 3.16. The van der Waals surface area contributed by atoms with Crippen molar-refractivity contribution in [2.75, 3.05) is 13.7 Å². The van der Waals surface area contributed by atoms with Gasteiger partial charge in [0.15, 0.2) is 5.78 Å². The van der Waals surface area contributed by atoms with Crippen LogP contribution < -0.4 is 0 Å². The van der Waals surface area contributed by atoms with Gasteiger partial charge in [0.25, 0.3) is 0 Å². The summed E-state index contributed by atoms with van der Waals surface area (Å²) < 4.78 is 6.73. The maximum absolute atomic E-state index is 11.9. The summed E-state index contributed by atoms with van der Waals surface area (Å²) in [7, 11) is 1.65. The van der Waals surface area contributed by atoms with Crippen LogP contribution in [0.5, 0.6) is 0 Å². The van der Waals surface area contributed by atoms with Crippen molar-refractivity contribution in [2.45, 2.75) is 26.8 Å². The van der Waals surface area contributed by atoms with Gasteiger partial charge in [-0.3, -0.25) is 9.48 Å². The van der Waals surface area contributed by atoms with E-state index in [1.807, 2.05) is 13.8 Å². The Morgan fingerprint density at radius 3 is 3.00 bits per heavy atom. The van der Waals surface area contributed by atoms with Crippen LogP contribution in [0.4, 0.5) is 0 Å². The van der Waals surface area contributed by atoms with E-state index in [-0.39, 0.29) is 11.7 Å². The van der Waals surface area contributed by atoms with E-state index in [0.717, 1.165) is 6.54 Å². The van der Waals surface area contributed by atoms with Gasteiger partial charge in [-0.05, 0) is 18.9 Å². The van der Waals surface area contributed by atoms with E-state index < -0.39 is 0 Å². The van der Waals surface area contributed by atoms with Crippen molar-refractivity contribution in [3.05, 3.63) is 18.0 Å². The number of ketones is 1. The second-order valence-electron chi connectivity index (χ2n) is 3.72. The van der Waals surface area contributed by atoms with Gasteiger partial charge in [-0.2, -0.15) is 5.10 Å². The van der Waals surface area contributed by atoms with Crippen molar-refractivity contribution in [3.8, 4) is 0 Å². The minimum absolute atomic E-state index is 0.138. The summed E-state index contributed by atoms with van der Waals surface area (Å²) >= 11 is 0. The standard InChI is InChI=1S/C11H18N2O2/c1-4-13-10(5-6-12-13)11(14)7-9(2)8-15-3/h5-6,9H,4,7-8H2,1-3H3. The molecule has 0 aliphatic heterocycles. The smallest absolute Gasteiger partial charge is 0.181 e. The van der Waals surface area contributed by atoms with E-state index in [1.54, 1.807) is 24.1 Å². The molecule has 1 atom stereocenters. The van der Waals surface area contributed by atoms with Crippen LogP contribution in [-0.4, -0.2) is 29.3 Å². The summed E-state index contributed by atoms with van der Waals surface area (Å²) in [5, 5.41) is 4.07.